The SMILES string of the molecule is Cc1ccc(S(=O)(=O)NC2CCCC2)cc1C(=O)NC1CCCCC1. The van der Waals surface area contributed by atoms with E-state index in [0.717, 1.165) is 56.9 Å². The lowest BCUT2D eigenvalue weighted by molar-refractivity contribution is 0.0927. The van der Waals surface area contributed by atoms with Crippen LogP contribution in [0.5, 0.6) is 0 Å². The average molecular weight is 365 g/mol. The largest absolute Gasteiger partial charge is 0.349 e. The van der Waals surface area contributed by atoms with Crippen LogP contribution in [0.15, 0.2) is 23.1 Å². The number of carbonyl (C=O) groups is 1. The Morgan fingerprint density at radius 3 is 2.24 bits per heavy atom. The highest BCUT2D eigenvalue weighted by Crippen LogP contribution is 2.22. The predicted octanol–water partition coefficient (Wildman–Crippen LogP) is 3.28. The van der Waals surface area contributed by atoms with Crippen molar-refractivity contribution in [2.45, 2.75) is 81.7 Å². The lowest BCUT2D eigenvalue weighted by Crippen LogP contribution is -2.37. The Labute approximate surface area is 150 Å². The van der Waals surface area contributed by atoms with Gasteiger partial charge in [-0.25, -0.2) is 13.1 Å². The number of benzene rings is 1. The molecule has 0 atom stereocenters. The molecule has 0 spiro atoms. The molecule has 3 rings (SSSR count). The van der Waals surface area contributed by atoms with E-state index in [0.29, 0.717) is 5.56 Å². The molecule has 138 valence electrons. The second-order valence-electron chi connectivity index (χ2n) is 7.39. The van der Waals surface area contributed by atoms with Crippen LogP contribution in [-0.2, 0) is 10.0 Å². The molecular weight excluding hydrogens is 336 g/mol. The summed E-state index contributed by atoms with van der Waals surface area (Å²) >= 11 is 0. The number of rotatable bonds is 5. The maximum Gasteiger partial charge on any atom is 0.251 e. The van der Waals surface area contributed by atoms with Gasteiger partial charge in [-0.15, -0.1) is 0 Å². The van der Waals surface area contributed by atoms with E-state index in [4.69, 9.17) is 0 Å². The fourth-order valence-electron chi connectivity index (χ4n) is 3.85. The fourth-order valence-corrected chi connectivity index (χ4v) is 5.18. The van der Waals surface area contributed by atoms with Crippen molar-refractivity contribution in [1.82, 2.24) is 10.0 Å². The van der Waals surface area contributed by atoms with Crippen LogP contribution in [0.4, 0.5) is 0 Å². The third-order valence-corrected chi connectivity index (χ3v) is 6.90. The first-order valence-electron chi connectivity index (χ1n) is 9.39. The van der Waals surface area contributed by atoms with Gasteiger partial charge in [0, 0.05) is 17.6 Å². The summed E-state index contributed by atoms with van der Waals surface area (Å²) in [6.45, 7) is 1.84. The molecule has 2 fully saturated rings. The second-order valence-corrected chi connectivity index (χ2v) is 9.10. The van der Waals surface area contributed by atoms with Gasteiger partial charge in [0.2, 0.25) is 10.0 Å². The van der Waals surface area contributed by atoms with E-state index in [-0.39, 0.29) is 22.9 Å². The normalized spacial score (nSPS) is 19.9. The van der Waals surface area contributed by atoms with Gasteiger partial charge in [0.05, 0.1) is 4.90 Å². The van der Waals surface area contributed by atoms with Crippen LogP contribution in [0.2, 0.25) is 0 Å². The Balaban J connectivity index is 1.75. The first-order valence-corrected chi connectivity index (χ1v) is 10.9. The van der Waals surface area contributed by atoms with E-state index >= 15 is 0 Å². The first-order chi connectivity index (χ1) is 12.0. The molecule has 2 aliphatic rings. The van der Waals surface area contributed by atoms with E-state index in [1.165, 1.54) is 12.5 Å². The Morgan fingerprint density at radius 1 is 0.960 bits per heavy atom. The van der Waals surface area contributed by atoms with Crippen molar-refractivity contribution in [1.29, 1.82) is 0 Å². The molecule has 1 aromatic rings. The molecule has 5 nitrogen and oxygen atoms in total. The number of carbonyl (C=O) groups excluding carboxylic acids is 1. The number of hydrogen-bond acceptors (Lipinski definition) is 3. The summed E-state index contributed by atoms with van der Waals surface area (Å²) in [6.07, 6.45) is 9.43. The highest BCUT2D eigenvalue weighted by Gasteiger charge is 2.25. The maximum absolute atomic E-state index is 12.6. The number of nitrogens with one attached hydrogen (secondary N) is 2. The molecule has 0 unspecified atom stereocenters. The molecule has 25 heavy (non-hydrogen) atoms. The van der Waals surface area contributed by atoms with Gasteiger partial charge in [-0.05, 0) is 50.3 Å². The number of hydrogen-bond donors (Lipinski definition) is 2. The van der Waals surface area contributed by atoms with Gasteiger partial charge in [-0.2, -0.15) is 0 Å². The molecular formula is C19H28N2O3S. The maximum atomic E-state index is 12.6. The van der Waals surface area contributed by atoms with Crippen LogP contribution in [0.1, 0.15) is 73.7 Å². The zero-order valence-electron chi connectivity index (χ0n) is 14.9. The van der Waals surface area contributed by atoms with Crippen LogP contribution in [0.25, 0.3) is 0 Å². The molecule has 0 heterocycles. The first kappa shape index (κ1) is 18.4. The molecule has 0 bridgehead atoms. The molecule has 0 saturated heterocycles. The number of sulfonamides is 1. The van der Waals surface area contributed by atoms with E-state index in [1.54, 1.807) is 12.1 Å². The van der Waals surface area contributed by atoms with Crippen LogP contribution in [0, 0.1) is 6.92 Å². The van der Waals surface area contributed by atoms with Crippen molar-refractivity contribution in [2.24, 2.45) is 0 Å². The lowest BCUT2D eigenvalue weighted by atomic mass is 9.95. The van der Waals surface area contributed by atoms with Gasteiger partial charge in [0.15, 0.2) is 0 Å². The molecule has 1 amide bonds. The smallest absolute Gasteiger partial charge is 0.251 e. The highest BCUT2D eigenvalue weighted by molar-refractivity contribution is 7.89. The van der Waals surface area contributed by atoms with Gasteiger partial charge >= 0.3 is 0 Å². The average Bonchev–Trinajstić information content (AvgIpc) is 3.08. The summed E-state index contributed by atoms with van der Waals surface area (Å²) in [5.41, 5.74) is 1.26. The Bertz CT molecular complexity index is 718. The second kappa shape index (κ2) is 7.87. The molecule has 0 aromatic heterocycles. The summed E-state index contributed by atoms with van der Waals surface area (Å²) in [5, 5.41) is 3.07. The summed E-state index contributed by atoms with van der Waals surface area (Å²) in [5.74, 6) is -0.165. The van der Waals surface area contributed by atoms with Crippen LogP contribution in [-0.4, -0.2) is 26.4 Å². The van der Waals surface area contributed by atoms with E-state index in [2.05, 4.69) is 10.0 Å². The standard InChI is InChI=1S/C19H28N2O3S/c1-14-11-12-17(25(23,24)21-16-9-5-6-10-16)13-18(14)19(22)20-15-7-3-2-4-8-15/h11-13,15-16,21H,2-10H2,1H3,(H,20,22). The zero-order valence-corrected chi connectivity index (χ0v) is 15.7. The van der Waals surface area contributed by atoms with Gasteiger partial charge in [0.25, 0.3) is 5.91 Å². The van der Waals surface area contributed by atoms with Crippen molar-refractivity contribution < 1.29 is 13.2 Å². The molecule has 2 aliphatic carbocycles. The Kier molecular flexibility index (Phi) is 5.79. The summed E-state index contributed by atoms with van der Waals surface area (Å²) in [6, 6.07) is 5.05. The van der Waals surface area contributed by atoms with Crippen molar-refractivity contribution in [2.75, 3.05) is 0 Å². The van der Waals surface area contributed by atoms with Gasteiger partial charge < -0.3 is 5.32 Å². The third kappa shape index (κ3) is 4.61. The van der Waals surface area contributed by atoms with Crippen molar-refractivity contribution in [3.05, 3.63) is 29.3 Å². The van der Waals surface area contributed by atoms with E-state index in [9.17, 15) is 13.2 Å². The molecule has 2 N–H and O–H groups in total. The van der Waals surface area contributed by atoms with Gasteiger partial charge in [0.1, 0.15) is 0 Å². The summed E-state index contributed by atoms with van der Waals surface area (Å²) in [4.78, 5) is 12.8. The summed E-state index contributed by atoms with van der Waals surface area (Å²) in [7, 11) is -3.58. The molecule has 0 radical (unpaired) electrons. The monoisotopic (exact) mass is 364 g/mol. The zero-order chi connectivity index (χ0) is 17.9. The quantitative estimate of drug-likeness (QED) is 0.842. The molecule has 2 saturated carbocycles. The minimum absolute atomic E-state index is 0.0193. The molecule has 6 heteroatoms. The number of amides is 1. The predicted molar refractivity (Wildman–Crippen MR) is 98.1 cm³/mol. The van der Waals surface area contributed by atoms with Crippen LogP contribution >= 0.6 is 0 Å². The van der Waals surface area contributed by atoms with Gasteiger partial charge in [-0.1, -0.05) is 38.2 Å². The van der Waals surface area contributed by atoms with Gasteiger partial charge in [-0.3, -0.25) is 4.79 Å². The van der Waals surface area contributed by atoms with Crippen molar-refractivity contribution in [3.63, 3.8) is 0 Å². The van der Waals surface area contributed by atoms with E-state index in [1.807, 2.05) is 6.92 Å². The van der Waals surface area contributed by atoms with E-state index < -0.39 is 10.0 Å². The Hall–Kier alpha value is -1.40. The molecule has 0 aliphatic heterocycles. The summed E-state index contributed by atoms with van der Waals surface area (Å²) < 4.78 is 28.0. The Morgan fingerprint density at radius 2 is 1.56 bits per heavy atom. The topological polar surface area (TPSA) is 75.3 Å². The van der Waals surface area contributed by atoms with Crippen molar-refractivity contribution >= 4 is 15.9 Å². The van der Waals surface area contributed by atoms with Crippen LogP contribution in [0.3, 0.4) is 0 Å². The minimum Gasteiger partial charge on any atom is -0.349 e. The third-order valence-electron chi connectivity index (χ3n) is 5.38. The fraction of sp³-hybridized carbons (Fsp3) is 0.632. The molecule has 1 aromatic carbocycles. The highest BCUT2D eigenvalue weighted by atomic mass is 32.2. The lowest BCUT2D eigenvalue weighted by Gasteiger charge is -2.23. The van der Waals surface area contributed by atoms with Crippen molar-refractivity contribution in [3.8, 4) is 0 Å². The van der Waals surface area contributed by atoms with Crippen LogP contribution < -0.4 is 10.0 Å². The number of aryl methyl sites for hydroxylation is 1. The minimum atomic E-state index is -3.58.